The van der Waals surface area contributed by atoms with Crippen LogP contribution in [0.25, 0.3) is 0 Å². The molecule has 0 aromatic heterocycles. The van der Waals surface area contributed by atoms with Crippen LogP contribution in [0, 0.1) is 22.7 Å². The Morgan fingerprint density at radius 2 is 1.50 bits per heavy atom. The topological polar surface area (TPSA) is 40.5 Å². The van der Waals surface area contributed by atoms with Crippen LogP contribution in [0.15, 0.2) is 72.4 Å². The largest absolute Gasteiger partial charge is 0.396 e. The zero-order valence-electron chi connectivity index (χ0n) is 18.6. The molecule has 2 nitrogen and oxygen atoms in total. The molecule has 0 spiro atoms. The van der Waals surface area contributed by atoms with Gasteiger partial charge in [0.15, 0.2) is 0 Å². The molecule has 2 N–H and O–H groups in total. The van der Waals surface area contributed by atoms with Crippen molar-refractivity contribution < 1.29 is 10.2 Å². The summed E-state index contributed by atoms with van der Waals surface area (Å²) in [5, 5.41) is 25.3. The van der Waals surface area contributed by atoms with Gasteiger partial charge in [0.25, 0.3) is 0 Å². The fourth-order valence-electron chi connectivity index (χ4n) is 6.97. The number of allylic oxidation sites excluding steroid dienone is 1. The van der Waals surface area contributed by atoms with E-state index in [-0.39, 0.29) is 29.5 Å². The van der Waals surface area contributed by atoms with E-state index >= 15 is 0 Å². The second-order valence-corrected chi connectivity index (χ2v) is 14.4. The number of hydrogen-bond acceptors (Lipinski definition) is 2. The third-order valence-corrected chi connectivity index (χ3v) is 13.8. The predicted octanol–water partition coefficient (Wildman–Crippen LogP) is 4.16. The van der Waals surface area contributed by atoms with E-state index in [2.05, 4.69) is 81.4 Å². The van der Waals surface area contributed by atoms with E-state index in [1.165, 1.54) is 15.6 Å². The van der Waals surface area contributed by atoms with Gasteiger partial charge in [-0.25, -0.2) is 0 Å². The minimum absolute atomic E-state index is 0.0581. The van der Waals surface area contributed by atoms with Crippen LogP contribution in [-0.4, -0.2) is 31.0 Å². The molecular formula is C27H36O2Si. The van der Waals surface area contributed by atoms with Crippen molar-refractivity contribution in [2.75, 3.05) is 6.61 Å². The number of aliphatic hydroxyl groups excluding tert-OH is 2. The SMILES string of the molecule is C=C1[C@H](CCO)[C@@]2(C)CC[C@H](O)C(C)(C)[C@@H]2C[Si]1(c1ccccc1)c1ccccc1. The maximum atomic E-state index is 11.0. The highest BCUT2D eigenvalue weighted by Crippen LogP contribution is 2.63. The molecule has 0 bridgehead atoms. The summed E-state index contributed by atoms with van der Waals surface area (Å²) in [5.74, 6) is 0.642. The normalized spacial score (nSPS) is 32.4. The zero-order chi connectivity index (χ0) is 21.6. The summed E-state index contributed by atoms with van der Waals surface area (Å²) >= 11 is 0. The Hall–Kier alpha value is -1.68. The van der Waals surface area contributed by atoms with Crippen molar-refractivity contribution in [3.05, 3.63) is 72.4 Å². The van der Waals surface area contributed by atoms with E-state index < -0.39 is 8.07 Å². The molecule has 30 heavy (non-hydrogen) atoms. The lowest BCUT2D eigenvalue weighted by molar-refractivity contribution is -0.108. The molecule has 1 heterocycles. The van der Waals surface area contributed by atoms with Crippen molar-refractivity contribution in [2.24, 2.45) is 22.7 Å². The number of hydrogen-bond donors (Lipinski definition) is 2. The van der Waals surface area contributed by atoms with E-state index in [9.17, 15) is 10.2 Å². The van der Waals surface area contributed by atoms with Crippen LogP contribution in [-0.2, 0) is 0 Å². The van der Waals surface area contributed by atoms with E-state index in [4.69, 9.17) is 6.58 Å². The minimum atomic E-state index is -2.33. The van der Waals surface area contributed by atoms with Crippen molar-refractivity contribution in [1.29, 1.82) is 0 Å². The Labute approximate surface area is 182 Å². The molecular weight excluding hydrogens is 384 g/mol. The van der Waals surface area contributed by atoms with Crippen molar-refractivity contribution in [3.63, 3.8) is 0 Å². The Morgan fingerprint density at radius 3 is 2.00 bits per heavy atom. The lowest BCUT2D eigenvalue weighted by Gasteiger charge is -2.63. The third kappa shape index (κ3) is 3.05. The van der Waals surface area contributed by atoms with Crippen molar-refractivity contribution in [1.82, 2.24) is 0 Å². The van der Waals surface area contributed by atoms with Gasteiger partial charge in [0, 0.05) is 6.61 Å². The van der Waals surface area contributed by atoms with Gasteiger partial charge >= 0.3 is 0 Å². The van der Waals surface area contributed by atoms with Crippen LogP contribution in [0.2, 0.25) is 6.04 Å². The van der Waals surface area contributed by atoms with Gasteiger partial charge in [0.1, 0.15) is 8.07 Å². The first kappa shape index (κ1) is 21.5. The lowest BCUT2D eigenvalue weighted by Crippen LogP contribution is -2.70. The Morgan fingerprint density at radius 1 is 0.967 bits per heavy atom. The summed E-state index contributed by atoms with van der Waals surface area (Å²) in [5.41, 5.74) is -0.105. The summed E-state index contributed by atoms with van der Waals surface area (Å²) in [4.78, 5) is 0. The van der Waals surface area contributed by atoms with Crippen molar-refractivity contribution in [3.8, 4) is 0 Å². The van der Waals surface area contributed by atoms with Gasteiger partial charge in [-0.3, -0.25) is 0 Å². The highest BCUT2D eigenvalue weighted by Gasteiger charge is 2.62. The van der Waals surface area contributed by atoms with Crippen LogP contribution in [0.3, 0.4) is 0 Å². The van der Waals surface area contributed by atoms with Gasteiger partial charge in [-0.05, 0) is 58.3 Å². The third-order valence-electron chi connectivity index (χ3n) is 8.74. The molecule has 0 amide bonds. The van der Waals surface area contributed by atoms with Crippen LogP contribution >= 0.6 is 0 Å². The van der Waals surface area contributed by atoms with Crippen molar-refractivity contribution in [2.45, 2.75) is 52.2 Å². The average molecular weight is 421 g/mol. The van der Waals surface area contributed by atoms with Crippen LogP contribution in [0.4, 0.5) is 0 Å². The molecule has 1 saturated heterocycles. The highest BCUT2D eigenvalue weighted by atomic mass is 28.3. The van der Waals surface area contributed by atoms with Crippen LogP contribution in [0.1, 0.15) is 40.0 Å². The maximum absolute atomic E-state index is 11.0. The fourth-order valence-corrected chi connectivity index (χ4v) is 13.0. The lowest BCUT2D eigenvalue weighted by atomic mass is 9.51. The summed E-state index contributed by atoms with van der Waals surface area (Å²) in [6.45, 7) is 11.9. The number of aliphatic hydroxyl groups is 2. The van der Waals surface area contributed by atoms with Gasteiger partial charge in [-0.1, -0.05) is 86.6 Å². The first-order valence-corrected chi connectivity index (χ1v) is 13.6. The maximum Gasteiger partial charge on any atom is 0.144 e. The number of benzene rings is 2. The van der Waals surface area contributed by atoms with E-state index in [1.807, 2.05) is 0 Å². The highest BCUT2D eigenvalue weighted by molar-refractivity contribution is 7.07. The minimum Gasteiger partial charge on any atom is -0.396 e. The Kier molecular flexibility index (Phi) is 5.59. The predicted molar refractivity (Wildman–Crippen MR) is 128 cm³/mol. The van der Waals surface area contributed by atoms with E-state index in [0.717, 1.165) is 25.3 Å². The molecule has 1 aliphatic heterocycles. The zero-order valence-corrected chi connectivity index (χ0v) is 19.6. The first-order valence-electron chi connectivity index (χ1n) is 11.4. The van der Waals surface area contributed by atoms with Gasteiger partial charge in [0.05, 0.1) is 6.10 Å². The van der Waals surface area contributed by atoms with Crippen LogP contribution in [0.5, 0.6) is 0 Å². The molecule has 4 rings (SSSR count). The second-order valence-electron chi connectivity index (χ2n) is 10.4. The van der Waals surface area contributed by atoms with Gasteiger partial charge < -0.3 is 10.2 Å². The first-order chi connectivity index (χ1) is 14.3. The summed E-state index contributed by atoms with van der Waals surface area (Å²) in [6, 6.07) is 23.0. The molecule has 2 fully saturated rings. The molecule has 0 unspecified atom stereocenters. The van der Waals surface area contributed by atoms with Crippen LogP contribution < -0.4 is 10.4 Å². The number of fused-ring (bicyclic) bond motifs is 1. The van der Waals surface area contributed by atoms with Gasteiger partial charge in [-0.15, -0.1) is 6.58 Å². The smallest absolute Gasteiger partial charge is 0.144 e. The molecule has 160 valence electrons. The molecule has 0 radical (unpaired) electrons. The summed E-state index contributed by atoms with van der Waals surface area (Å²) < 4.78 is 0. The van der Waals surface area contributed by atoms with E-state index in [1.54, 1.807) is 0 Å². The quantitative estimate of drug-likeness (QED) is 0.729. The molecule has 2 aromatic rings. The monoisotopic (exact) mass is 420 g/mol. The van der Waals surface area contributed by atoms with Gasteiger partial charge in [-0.2, -0.15) is 0 Å². The fraction of sp³-hybridized carbons (Fsp3) is 0.481. The molecule has 4 atom stereocenters. The number of rotatable bonds is 4. The summed E-state index contributed by atoms with van der Waals surface area (Å²) in [6.07, 6.45) is 2.31. The average Bonchev–Trinajstić information content (AvgIpc) is 2.76. The Balaban J connectivity index is 1.98. The molecule has 2 aromatic carbocycles. The molecule has 1 saturated carbocycles. The van der Waals surface area contributed by atoms with Gasteiger partial charge in [0.2, 0.25) is 0 Å². The van der Waals surface area contributed by atoms with Crippen molar-refractivity contribution >= 4 is 18.4 Å². The standard InChI is InChI=1S/C27H36O2Si/c1-20-23(16-18-28)27(4)17-15-25(29)26(2,3)24(27)19-30(20,21-11-7-5-8-12-21)22-13-9-6-10-14-22/h5-14,23-25,28-29H,1,15-19H2,2-4H3/t23-,24-,25-,27+/m0/s1. The molecule has 2 aliphatic rings. The molecule has 3 heteroatoms. The molecule has 1 aliphatic carbocycles. The Bertz CT molecular complexity index is 852. The second kappa shape index (κ2) is 7.78. The summed E-state index contributed by atoms with van der Waals surface area (Å²) in [7, 11) is -2.33. The van der Waals surface area contributed by atoms with E-state index in [0.29, 0.717) is 5.92 Å².